The molecule has 1 aliphatic rings. The molecule has 6 heteroatoms. The number of hydrogen-bond acceptors (Lipinski definition) is 2. The van der Waals surface area contributed by atoms with E-state index >= 15 is 0 Å². The molecular weight excluding hydrogens is 223 g/mol. The maximum absolute atomic E-state index is 10.6. The number of carboxylic acid groups (broad SMARTS) is 1. The molecule has 0 saturated heterocycles. The summed E-state index contributed by atoms with van der Waals surface area (Å²) in [6, 6.07) is 8.66. The lowest BCUT2D eigenvalue weighted by molar-refractivity contribution is -0.192. The van der Waals surface area contributed by atoms with Crippen LogP contribution in [-0.4, -0.2) is 17.3 Å². The van der Waals surface area contributed by atoms with Crippen LogP contribution >= 0.6 is 0 Å². The molecule has 1 aliphatic carbocycles. The van der Waals surface area contributed by atoms with E-state index in [-0.39, 0.29) is 0 Å². The number of alkyl halides is 3. The van der Waals surface area contributed by atoms with Crippen molar-refractivity contribution in [3.63, 3.8) is 0 Å². The minimum atomic E-state index is -5.08. The molecule has 3 N–H and O–H groups in total. The number of carboxylic acids is 1. The van der Waals surface area contributed by atoms with Crippen LogP contribution in [0.3, 0.4) is 0 Å². The first-order valence-corrected chi connectivity index (χ1v) is 4.46. The van der Waals surface area contributed by atoms with Gasteiger partial charge in [0.15, 0.2) is 0 Å². The van der Waals surface area contributed by atoms with Gasteiger partial charge < -0.3 is 10.8 Å². The first-order valence-electron chi connectivity index (χ1n) is 4.46. The largest absolute Gasteiger partial charge is 0.490 e. The molecule has 3 nitrogen and oxygen atoms in total. The Morgan fingerprint density at radius 3 is 2.19 bits per heavy atom. The van der Waals surface area contributed by atoms with Crippen molar-refractivity contribution in [1.29, 1.82) is 0 Å². The van der Waals surface area contributed by atoms with Crippen molar-refractivity contribution >= 4 is 5.97 Å². The van der Waals surface area contributed by atoms with Crippen molar-refractivity contribution in [1.82, 2.24) is 0 Å². The van der Waals surface area contributed by atoms with Gasteiger partial charge in [0, 0.05) is 6.04 Å². The van der Waals surface area contributed by atoms with E-state index in [0.29, 0.717) is 6.04 Å². The van der Waals surface area contributed by atoms with Gasteiger partial charge in [0.05, 0.1) is 0 Å². The lowest BCUT2D eigenvalue weighted by Gasteiger charge is -2.25. The van der Waals surface area contributed by atoms with Gasteiger partial charge in [-0.05, 0) is 17.5 Å². The summed E-state index contributed by atoms with van der Waals surface area (Å²) in [5, 5.41) is 7.12. The van der Waals surface area contributed by atoms with Gasteiger partial charge in [-0.3, -0.25) is 0 Å². The molecule has 0 bridgehead atoms. The molecule has 0 spiro atoms. The molecule has 0 aliphatic heterocycles. The Balaban J connectivity index is 0.000000168. The van der Waals surface area contributed by atoms with Gasteiger partial charge in [-0.2, -0.15) is 13.2 Å². The summed E-state index contributed by atoms with van der Waals surface area (Å²) in [6.07, 6.45) is -4.02. The zero-order valence-electron chi connectivity index (χ0n) is 8.16. The third-order valence-corrected chi connectivity index (χ3v) is 2.14. The molecule has 1 aromatic carbocycles. The van der Waals surface area contributed by atoms with Crippen LogP contribution < -0.4 is 5.73 Å². The third kappa shape index (κ3) is 2.96. The average Bonchev–Trinajstić information content (AvgIpc) is 2.16. The summed E-state index contributed by atoms with van der Waals surface area (Å²) in [4.78, 5) is 8.90. The van der Waals surface area contributed by atoms with Gasteiger partial charge in [0.1, 0.15) is 0 Å². The quantitative estimate of drug-likeness (QED) is 0.719. The Morgan fingerprint density at radius 1 is 1.38 bits per heavy atom. The highest BCUT2D eigenvalue weighted by Crippen LogP contribution is 2.29. The van der Waals surface area contributed by atoms with E-state index in [4.69, 9.17) is 15.6 Å². The Hall–Kier alpha value is -1.56. The molecule has 2 rings (SSSR count). The molecule has 0 saturated carbocycles. The summed E-state index contributed by atoms with van der Waals surface area (Å²) >= 11 is 0. The van der Waals surface area contributed by atoms with Gasteiger partial charge in [-0.15, -0.1) is 0 Å². The van der Waals surface area contributed by atoms with E-state index in [2.05, 4.69) is 18.2 Å². The number of nitrogens with two attached hydrogens (primary N) is 1. The number of fused-ring (bicyclic) bond motifs is 1. The molecule has 1 unspecified atom stereocenters. The Kier molecular flexibility index (Phi) is 3.54. The standard InChI is InChI=1S/C8H9N.C2HF3O2/c9-8-5-6-3-1-2-4-7(6)8;3-2(4,5)1(6)7/h1-4,8H,5,9H2;(H,6,7). The van der Waals surface area contributed by atoms with Crippen LogP contribution in [0.15, 0.2) is 24.3 Å². The Bertz CT molecular complexity index is 390. The molecule has 0 amide bonds. The maximum atomic E-state index is 10.6. The molecule has 0 radical (unpaired) electrons. The van der Waals surface area contributed by atoms with E-state index < -0.39 is 12.1 Å². The summed E-state index contributed by atoms with van der Waals surface area (Å²) in [7, 11) is 0. The lowest BCUT2D eigenvalue weighted by Crippen LogP contribution is -2.24. The van der Waals surface area contributed by atoms with Gasteiger partial charge >= 0.3 is 12.1 Å². The van der Waals surface area contributed by atoms with Crippen molar-refractivity contribution in [2.45, 2.75) is 18.6 Å². The fourth-order valence-corrected chi connectivity index (χ4v) is 1.30. The number of benzene rings is 1. The number of hydrogen-bond donors (Lipinski definition) is 2. The zero-order chi connectivity index (χ0) is 12.3. The fraction of sp³-hybridized carbons (Fsp3) is 0.300. The third-order valence-electron chi connectivity index (χ3n) is 2.14. The van der Waals surface area contributed by atoms with E-state index in [1.165, 1.54) is 11.1 Å². The lowest BCUT2D eigenvalue weighted by atomic mass is 9.84. The summed E-state index contributed by atoms with van der Waals surface area (Å²) in [5.74, 6) is -2.76. The summed E-state index contributed by atoms with van der Waals surface area (Å²) in [6.45, 7) is 0. The van der Waals surface area contributed by atoms with Crippen LogP contribution in [0.25, 0.3) is 0 Å². The van der Waals surface area contributed by atoms with Gasteiger partial charge in [0.25, 0.3) is 0 Å². The van der Waals surface area contributed by atoms with E-state index in [9.17, 15) is 13.2 Å². The smallest absolute Gasteiger partial charge is 0.475 e. The van der Waals surface area contributed by atoms with Gasteiger partial charge in [-0.25, -0.2) is 4.79 Å². The monoisotopic (exact) mass is 233 g/mol. The minimum Gasteiger partial charge on any atom is -0.475 e. The summed E-state index contributed by atoms with van der Waals surface area (Å²) in [5.41, 5.74) is 8.44. The Morgan fingerprint density at radius 2 is 1.88 bits per heavy atom. The second-order valence-electron chi connectivity index (χ2n) is 3.31. The van der Waals surface area contributed by atoms with Crippen LogP contribution in [0.4, 0.5) is 13.2 Å². The first-order chi connectivity index (χ1) is 7.32. The highest BCUT2D eigenvalue weighted by atomic mass is 19.4. The van der Waals surface area contributed by atoms with E-state index in [1.54, 1.807) is 0 Å². The normalized spacial score (nSPS) is 17.6. The minimum absolute atomic E-state index is 0.321. The average molecular weight is 233 g/mol. The van der Waals surface area contributed by atoms with Crippen LogP contribution in [-0.2, 0) is 11.2 Å². The van der Waals surface area contributed by atoms with Crippen LogP contribution in [0, 0.1) is 0 Å². The second kappa shape index (κ2) is 4.52. The van der Waals surface area contributed by atoms with Crippen LogP contribution in [0.2, 0.25) is 0 Å². The second-order valence-corrected chi connectivity index (χ2v) is 3.31. The highest BCUT2D eigenvalue weighted by molar-refractivity contribution is 5.73. The molecule has 0 fully saturated rings. The molecule has 0 aromatic heterocycles. The van der Waals surface area contributed by atoms with Crippen molar-refractivity contribution in [2.24, 2.45) is 5.73 Å². The number of halogens is 3. The fourth-order valence-electron chi connectivity index (χ4n) is 1.30. The molecule has 1 atom stereocenters. The van der Waals surface area contributed by atoms with Crippen molar-refractivity contribution in [3.8, 4) is 0 Å². The SMILES string of the molecule is NC1Cc2ccccc21.O=C(O)C(F)(F)F. The summed E-state index contributed by atoms with van der Waals surface area (Å²) < 4.78 is 31.7. The van der Waals surface area contributed by atoms with Crippen molar-refractivity contribution in [2.75, 3.05) is 0 Å². The number of carbonyl (C=O) groups is 1. The van der Waals surface area contributed by atoms with Gasteiger partial charge in [-0.1, -0.05) is 24.3 Å². The van der Waals surface area contributed by atoms with Crippen molar-refractivity contribution < 1.29 is 23.1 Å². The zero-order valence-corrected chi connectivity index (χ0v) is 8.16. The molecule has 16 heavy (non-hydrogen) atoms. The Labute approximate surface area is 89.7 Å². The topological polar surface area (TPSA) is 63.3 Å². The van der Waals surface area contributed by atoms with E-state index in [1.807, 2.05) is 6.07 Å². The number of rotatable bonds is 0. The highest BCUT2D eigenvalue weighted by Gasteiger charge is 2.38. The molecule has 88 valence electrons. The molecule has 1 aromatic rings. The maximum Gasteiger partial charge on any atom is 0.490 e. The van der Waals surface area contributed by atoms with E-state index in [0.717, 1.165) is 6.42 Å². The molecule has 0 heterocycles. The van der Waals surface area contributed by atoms with Crippen molar-refractivity contribution in [3.05, 3.63) is 35.4 Å². The first kappa shape index (κ1) is 12.5. The van der Waals surface area contributed by atoms with Crippen LogP contribution in [0.1, 0.15) is 17.2 Å². The van der Waals surface area contributed by atoms with Crippen LogP contribution in [0.5, 0.6) is 0 Å². The predicted molar refractivity (Wildman–Crippen MR) is 50.8 cm³/mol. The predicted octanol–water partition coefficient (Wildman–Crippen LogP) is 1.88. The van der Waals surface area contributed by atoms with Gasteiger partial charge in [0.2, 0.25) is 0 Å². The number of aliphatic carboxylic acids is 1. The molecular formula is C10H10F3NO2.